The van der Waals surface area contributed by atoms with Gasteiger partial charge in [0.25, 0.3) is 5.69 Å². The third-order valence-corrected chi connectivity index (χ3v) is 2.69. The lowest BCUT2D eigenvalue weighted by molar-refractivity contribution is -0.385. The topological polar surface area (TPSA) is 88.2 Å². The SMILES string of the molecule is CCCC(COC)Nc1ccc([N+](=O)[O-])c(C#N)c1. The zero-order chi connectivity index (χ0) is 14.3. The Hall–Kier alpha value is -2.13. The average molecular weight is 263 g/mol. The van der Waals surface area contributed by atoms with Crippen LogP contribution >= 0.6 is 0 Å². The molecule has 1 N–H and O–H groups in total. The summed E-state index contributed by atoms with van der Waals surface area (Å²) < 4.78 is 5.11. The summed E-state index contributed by atoms with van der Waals surface area (Å²) in [5.74, 6) is 0. The molecule has 0 aliphatic rings. The fourth-order valence-corrected chi connectivity index (χ4v) is 1.86. The molecule has 0 saturated carbocycles. The van der Waals surface area contributed by atoms with Crippen molar-refractivity contribution in [3.05, 3.63) is 33.9 Å². The van der Waals surface area contributed by atoms with E-state index in [1.54, 1.807) is 13.2 Å². The van der Waals surface area contributed by atoms with Gasteiger partial charge in [0.15, 0.2) is 0 Å². The minimum atomic E-state index is -0.555. The molecule has 0 amide bonds. The number of methoxy groups -OCH3 is 1. The highest BCUT2D eigenvalue weighted by atomic mass is 16.6. The highest BCUT2D eigenvalue weighted by Gasteiger charge is 2.15. The number of nitrogens with zero attached hydrogens (tertiary/aromatic N) is 2. The molecule has 0 heterocycles. The highest BCUT2D eigenvalue weighted by Crippen LogP contribution is 2.22. The van der Waals surface area contributed by atoms with Gasteiger partial charge in [0.1, 0.15) is 11.6 Å². The second kappa shape index (κ2) is 7.34. The van der Waals surface area contributed by atoms with E-state index in [-0.39, 0.29) is 17.3 Å². The number of ether oxygens (including phenoxy) is 1. The van der Waals surface area contributed by atoms with E-state index in [0.717, 1.165) is 12.8 Å². The van der Waals surface area contributed by atoms with Crippen molar-refractivity contribution in [2.75, 3.05) is 19.0 Å². The number of anilines is 1. The summed E-state index contributed by atoms with van der Waals surface area (Å²) in [5.41, 5.74) is 0.576. The average Bonchev–Trinajstić information content (AvgIpc) is 2.38. The Morgan fingerprint density at radius 3 is 2.84 bits per heavy atom. The van der Waals surface area contributed by atoms with Crippen LogP contribution in [-0.2, 0) is 4.74 Å². The normalized spacial score (nSPS) is 11.6. The number of nitro groups is 1. The van der Waals surface area contributed by atoms with E-state index >= 15 is 0 Å². The minimum absolute atomic E-state index is 0.0580. The first-order valence-electron chi connectivity index (χ1n) is 6.06. The molecule has 0 aromatic heterocycles. The Bertz CT molecular complexity index is 477. The Kier molecular flexibility index (Phi) is 5.76. The maximum atomic E-state index is 10.7. The molecule has 0 aliphatic heterocycles. The van der Waals surface area contributed by atoms with Crippen LogP contribution in [0.5, 0.6) is 0 Å². The van der Waals surface area contributed by atoms with Crippen LogP contribution in [-0.4, -0.2) is 24.7 Å². The van der Waals surface area contributed by atoms with Crippen molar-refractivity contribution in [3.8, 4) is 6.07 Å². The van der Waals surface area contributed by atoms with Crippen molar-refractivity contribution in [2.24, 2.45) is 0 Å². The lowest BCUT2D eigenvalue weighted by atomic mass is 10.1. The van der Waals surface area contributed by atoms with E-state index in [2.05, 4.69) is 12.2 Å². The van der Waals surface area contributed by atoms with Gasteiger partial charge in [-0.15, -0.1) is 0 Å². The predicted octanol–water partition coefficient (Wildman–Crippen LogP) is 2.69. The van der Waals surface area contributed by atoms with E-state index < -0.39 is 4.92 Å². The van der Waals surface area contributed by atoms with E-state index in [1.807, 2.05) is 6.07 Å². The van der Waals surface area contributed by atoms with E-state index in [0.29, 0.717) is 12.3 Å². The second-order valence-electron chi connectivity index (χ2n) is 4.19. The molecule has 1 aromatic carbocycles. The molecule has 0 spiro atoms. The zero-order valence-electron chi connectivity index (χ0n) is 11.0. The Morgan fingerprint density at radius 1 is 1.58 bits per heavy atom. The summed E-state index contributed by atoms with van der Waals surface area (Å²) in [6, 6.07) is 6.42. The zero-order valence-corrected chi connectivity index (χ0v) is 11.0. The molecule has 0 aliphatic carbocycles. The van der Waals surface area contributed by atoms with Gasteiger partial charge in [0.05, 0.1) is 11.5 Å². The van der Waals surface area contributed by atoms with Gasteiger partial charge in [-0.05, 0) is 18.6 Å². The molecule has 1 rings (SSSR count). The van der Waals surface area contributed by atoms with Crippen molar-refractivity contribution in [1.29, 1.82) is 5.26 Å². The molecule has 0 fully saturated rings. The standard InChI is InChI=1S/C13H17N3O3/c1-3-4-12(9-19-2)15-11-5-6-13(16(17)18)10(7-11)8-14/h5-7,12,15H,3-4,9H2,1-2H3. The van der Waals surface area contributed by atoms with Gasteiger partial charge in [-0.1, -0.05) is 13.3 Å². The van der Waals surface area contributed by atoms with Gasteiger partial charge in [-0.3, -0.25) is 10.1 Å². The van der Waals surface area contributed by atoms with Gasteiger partial charge >= 0.3 is 0 Å². The van der Waals surface area contributed by atoms with Gasteiger partial charge in [-0.2, -0.15) is 5.26 Å². The number of rotatable bonds is 7. The van der Waals surface area contributed by atoms with Crippen LogP contribution in [0.3, 0.4) is 0 Å². The third kappa shape index (κ3) is 4.23. The van der Waals surface area contributed by atoms with Gasteiger partial charge in [0.2, 0.25) is 0 Å². The molecule has 1 aromatic rings. The largest absolute Gasteiger partial charge is 0.383 e. The third-order valence-electron chi connectivity index (χ3n) is 2.69. The molecule has 1 atom stereocenters. The minimum Gasteiger partial charge on any atom is -0.383 e. The summed E-state index contributed by atoms with van der Waals surface area (Å²) in [6.07, 6.45) is 1.92. The Labute approximate surface area is 112 Å². The van der Waals surface area contributed by atoms with Crippen molar-refractivity contribution < 1.29 is 9.66 Å². The predicted molar refractivity (Wildman–Crippen MR) is 72.0 cm³/mol. The van der Waals surface area contributed by atoms with E-state index in [4.69, 9.17) is 10.00 Å². The summed E-state index contributed by atoms with van der Waals surface area (Å²) in [7, 11) is 1.63. The van der Waals surface area contributed by atoms with Crippen molar-refractivity contribution in [3.63, 3.8) is 0 Å². The molecular formula is C13H17N3O3. The fourth-order valence-electron chi connectivity index (χ4n) is 1.86. The van der Waals surface area contributed by atoms with Crippen LogP contribution in [0.25, 0.3) is 0 Å². The van der Waals surface area contributed by atoms with Gasteiger partial charge in [0, 0.05) is 24.9 Å². The van der Waals surface area contributed by atoms with E-state index in [9.17, 15) is 10.1 Å². The Balaban J connectivity index is 2.90. The quantitative estimate of drug-likeness (QED) is 0.603. The van der Waals surface area contributed by atoms with Crippen LogP contribution in [0.15, 0.2) is 18.2 Å². The first-order valence-corrected chi connectivity index (χ1v) is 6.06. The van der Waals surface area contributed by atoms with Crippen LogP contribution in [0.1, 0.15) is 25.3 Å². The monoisotopic (exact) mass is 263 g/mol. The molecule has 102 valence electrons. The summed E-state index contributed by atoms with van der Waals surface area (Å²) in [5, 5.41) is 22.9. The Morgan fingerprint density at radius 2 is 2.32 bits per heavy atom. The maximum absolute atomic E-state index is 10.7. The lowest BCUT2D eigenvalue weighted by Gasteiger charge is -2.18. The number of hydrogen-bond donors (Lipinski definition) is 1. The molecule has 6 heteroatoms. The fraction of sp³-hybridized carbons (Fsp3) is 0.462. The van der Waals surface area contributed by atoms with Crippen molar-refractivity contribution >= 4 is 11.4 Å². The second-order valence-corrected chi connectivity index (χ2v) is 4.19. The molecule has 19 heavy (non-hydrogen) atoms. The van der Waals surface area contributed by atoms with Crippen molar-refractivity contribution in [2.45, 2.75) is 25.8 Å². The smallest absolute Gasteiger partial charge is 0.287 e. The van der Waals surface area contributed by atoms with Crippen LogP contribution in [0.2, 0.25) is 0 Å². The maximum Gasteiger partial charge on any atom is 0.287 e. The first kappa shape index (κ1) is 14.9. The van der Waals surface area contributed by atoms with Gasteiger partial charge < -0.3 is 10.1 Å². The van der Waals surface area contributed by atoms with Crippen LogP contribution in [0.4, 0.5) is 11.4 Å². The number of nitriles is 1. The summed E-state index contributed by atoms with van der Waals surface area (Å²) in [6.45, 7) is 2.62. The lowest BCUT2D eigenvalue weighted by Crippen LogP contribution is -2.24. The number of nitrogens with one attached hydrogen (secondary N) is 1. The summed E-state index contributed by atoms with van der Waals surface area (Å²) >= 11 is 0. The first-order chi connectivity index (χ1) is 9.12. The molecule has 6 nitrogen and oxygen atoms in total. The highest BCUT2D eigenvalue weighted by molar-refractivity contribution is 5.59. The molecule has 0 saturated heterocycles. The number of hydrogen-bond acceptors (Lipinski definition) is 5. The number of benzene rings is 1. The molecule has 0 radical (unpaired) electrons. The van der Waals surface area contributed by atoms with Crippen molar-refractivity contribution in [1.82, 2.24) is 0 Å². The van der Waals surface area contributed by atoms with Crippen LogP contribution < -0.4 is 5.32 Å². The van der Waals surface area contributed by atoms with Gasteiger partial charge in [-0.25, -0.2) is 0 Å². The van der Waals surface area contributed by atoms with E-state index in [1.165, 1.54) is 12.1 Å². The molecule has 1 unspecified atom stereocenters. The summed E-state index contributed by atoms with van der Waals surface area (Å²) in [4.78, 5) is 10.2. The number of nitro benzene ring substituents is 1. The van der Waals surface area contributed by atoms with Crippen LogP contribution in [0, 0.1) is 21.4 Å². The molecular weight excluding hydrogens is 246 g/mol. The molecule has 0 bridgehead atoms.